The Hall–Kier alpha value is -2.49. The van der Waals surface area contributed by atoms with Gasteiger partial charge in [-0.3, -0.25) is 10.1 Å². The van der Waals surface area contributed by atoms with Crippen LogP contribution in [0, 0.1) is 10.1 Å². The molecule has 2 aromatic carbocycles. The average Bonchev–Trinajstić information content (AvgIpc) is 2.59. The molecule has 0 saturated carbocycles. The number of nitro groups is 1. The summed E-state index contributed by atoms with van der Waals surface area (Å²) in [7, 11) is 0.136. The van der Waals surface area contributed by atoms with Crippen LogP contribution in [-0.2, 0) is 23.1 Å². The lowest BCUT2D eigenvalue weighted by atomic mass is 10.1. The Morgan fingerprint density at radius 2 is 1.75 bits per heavy atom. The molecule has 0 heterocycles. The molecule has 0 aromatic heterocycles. The second-order valence-electron chi connectivity index (χ2n) is 7.07. The second-order valence-corrected chi connectivity index (χ2v) is 8.79. The number of rotatable bonds is 9. The van der Waals surface area contributed by atoms with Crippen LogP contribution in [0.15, 0.2) is 47.4 Å². The van der Waals surface area contributed by atoms with Gasteiger partial charge in [0.25, 0.3) is 5.69 Å². The van der Waals surface area contributed by atoms with Crippen molar-refractivity contribution in [3.05, 3.63) is 63.7 Å². The molecular formula is C19H26N4O4S. The number of nitrogens with one attached hydrogen (secondary N) is 2. The van der Waals surface area contributed by atoms with Crippen molar-refractivity contribution in [3.63, 3.8) is 0 Å². The van der Waals surface area contributed by atoms with Crippen LogP contribution in [0.4, 0.5) is 11.4 Å². The Morgan fingerprint density at radius 3 is 2.32 bits per heavy atom. The largest absolute Gasteiger partial charge is 0.375 e. The third-order valence-corrected chi connectivity index (χ3v) is 5.60. The topological polar surface area (TPSA) is 105 Å². The predicted octanol–water partition coefficient (Wildman–Crippen LogP) is 2.96. The summed E-state index contributed by atoms with van der Waals surface area (Å²) in [5.74, 6) is 0. The lowest BCUT2D eigenvalue weighted by Crippen LogP contribution is -2.30. The Balaban J connectivity index is 2.29. The van der Waals surface area contributed by atoms with E-state index in [4.69, 9.17) is 0 Å². The summed E-state index contributed by atoms with van der Waals surface area (Å²) in [6.07, 6.45) is 0. The van der Waals surface area contributed by atoms with E-state index in [9.17, 15) is 18.5 Å². The molecule has 0 aliphatic carbocycles. The minimum Gasteiger partial charge on any atom is -0.375 e. The quantitative estimate of drug-likeness (QED) is 0.490. The van der Waals surface area contributed by atoms with Crippen molar-refractivity contribution in [3.8, 4) is 0 Å². The molecule has 0 amide bonds. The number of anilines is 1. The molecule has 0 aliphatic heterocycles. The van der Waals surface area contributed by atoms with Gasteiger partial charge in [0, 0.05) is 25.2 Å². The molecule has 0 aliphatic rings. The van der Waals surface area contributed by atoms with Crippen molar-refractivity contribution in [1.82, 2.24) is 9.62 Å². The van der Waals surface area contributed by atoms with Crippen molar-refractivity contribution in [1.29, 1.82) is 0 Å². The number of hydrogen-bond acceptors (Lipinski definition) is 6. The van der Waals surface area contributed by atoms with Gasteiger partial charge in [-0.15, -0.1) is 0 Å². The van der Waals surface area contributed by atoms with E-state index in [0.717, 1.165) is 23.7 Å². The van der Waals surface area contributed by atoms with E-state index in [2.05, 4.69) is 10.0 Å². The van der Waals surface area contributed by atoms with E-state index in [1.165, 1.54) is 12.1 Å². The number of benzene rings is 2. The van der Waals surface area contributed by atoms with Crippen molar-refractivity contribution in [2.45, 2.75) is 37.9 Å². The normalized spacial score (nSPS) is 11.8. The van der Waals surface area contributed by atoms with Crippen LogP contribution in [0.3, 0.4) is 0 Å². The first kappa shape index (κ1) is 21.8. The van der Waals surface area contributed by atoms with Gasteiger partial charge in [-0.05, 0) is 51.2 Å². The first-order valence-corrected chi connectivity index (χ1v) is 10.3. The lowest BCUT2D eigenvalue weighted by Gasteiger charge is -2.15. The number of hydrogen-bond donors (Lipinski definition) is 2. The molecule has 2 N–H and O–H groups in total. The lowest BCUT2D eigenvalue weighted by molar-refractivity contribution is -0.384. The molecule has 0 saturated heterocycles. The first-order valence-electron chi connectivity index (χ1n) is 8.86. The highest BCUT2D eigenvalue weighted by Crippen LogP contribution is 2.28. The zero-order valence-corrected chi connectivity index (χ0v) is 17.3. The molecule has 8 nitrogen and oxygen atoms in total. The molecule has 0 unspecified atom stereocenters. The molecule has 152 valence electrons. The summed E-state index contributed by atoms with van der Waals surface area (Å²) in [4.78, 5) is 12.8. The third kappa shape index (κ3) is 5.75. The minimum absolute atomic E-state index is 0.133. The van der Waals surface area contributed by atoms with Crippen molar-refractivity contribution in [2.24, 2.45) is 0 Å². The number of nitrogens with zero attached hydrogens (tertiary/aromatic N) is 2. The van der Waals surface area contributed by atoms with Crippen LogP contribution < -0.4 is 10.0 Å². The third-order valence-electron chi connectivity index (χ3n) is 3.94. The van der Waals surface area contributed by atoms with Crippen molar-refractivity contribution >= 4 is 21.4 Å². The molecule has 0 spiro atoms. The molecular weight excluding hydrogens is 380 g/mol. The van der Waals surface area contributed by atoms with Crippen molar-refractivity contribution < 1.29 is 13.3 Å². The molecule has 2 aromatic rings. The maximum atomic E-state index is 12.3. The fraction of sp³-hybridized carbons (Fsp3) is 0.368. The van der Waals surface area contributed by atoms with Crippen LogP contribution in [0.25, 0.3) is 0 Å². The predicted molar refractivity (Wildman–Crippen MR) is 110 cm³/mol. The van der Waals surface area contributed by atoms with E-state index in [1.807, 2.05) is 43.3 Å². The Labute approximate surface area is 165 Å². The van der Waals surface area contributed by atoms with Gasteiger partial charge in [-0.1, -0.05) is 24.3 Å². The summed E-state index contributed by atoms with van der Waals surface area (Å²) in [5, 5.41) is 14.6. The van der Waals surface area contributed by atoms with E-state index in [1.54, 1.807) is 13.8 Å². The van der Waals surface area contributed by atoms with Gasteiger partial charge in [0.15, 0.2) is 0 Å². The molecule has 0 atom stereocenters. The van der Waals surface area contributed by atoms with E-state index in [-0.39, 0.29) is 22.3 Å². The highest BCUT2D eigenvalue weighted by molar-refractivity contribution is 7.89. The monoisotopic (exact) mass is 406 g/mol. The molecule has 0 bridgehead atoms. The standard InChI is InChI=1S/C19H26N4O4S/c1-14(2)21-28(26,27)17-9-10-18(19(11-17)23(24)25)20-12-15-7-5-6-8-16(15)13-22(3)4/h5-11,14,20-21H,12-13H2,1-4H3. The minimum atomic E-state index is -3.81. The zero-order valence-electron chi connectivity index (χ0n) is 16.5. The maximum Gasteiger partial charge on any atom is 0.293 e. The summed E-state index contributed by atoms with van der Waals surface area (Å²) in [5.41, 5.74) is 2.12. The fourth-order valence-corrected chi connectivity index (χ4v) is 4.04. The van der Waals surface area contributed by atoms with Gasteiger partial charge in [0.05, 0.1) is 9.82 Å². The smallest absolute Gasteiger partial charge is 0.293 e. The first-order chi connectivity index (χ1) is 13.1. The van der Waals surface area contributed by atoms with E-state index >= 15 is 0 Å². The summed E-state index contributed by atoms with van der Waals surface area (Å²) in [6, 6.07) is 11.4. The Morgan fingerprint density at radius 1 is 1.11 bits per heavy atom. The second kappa shape index (κ2) is 9.13. The van der Waals surface area contributed by atoms with E-state index < -0.39 is 14.9 Å². The SMILES string of the molecule is CC(C)NS(=O)(=O)c1ccc(NCc2ccccc2CN(C)C)c([N+](=O)[O-])c1. The highest BCUT2D eigenvalue weighted by Gasteiger charge is 2.22. The maximum absolute atomic E-state index is 12.3. The molecule has 28 heavy (non-hydrogen) atoms. The summed E-state index contributed by atoms with van der Waals surface area (Å²) < 4.78 is 27.0. The average molecular weight is 407 g/mol. The van der Waals surface area contributed by atoms with Gasteiger partial charge in [-0.2, -0.15) is 0 Å². The summed E-state index contributed by atoms with van der Waals surface area (Å²) in [6.45, 7) is 4.51. The van der Waals surface area contributed by atoms with Crippen molar-refractivity contribution in [2.75, 3.05) is 19.4 Å². The highest BCUT2D eigenvalue weighted by atomic mass is 32.2. The molecule has 0 fully saturated rings. The Kier molecular flexibility index (Phi) is 7.11. The van der Waals surface area contributed by atoms with Crippen LogP contribution >= 0.6 is 0 Å². The van der Waals surface area contributed by atoms with Crippen LogP contribution in [0.1, 0.15) is 25.0 Å². The number of sulfonamides is 1. The Bertz CT molecular complexity index is 943. The van der Waals surface area contributed by atoms with Gasteiger partial charge >= 0.3 is 0 Å². The molecule has 2 rings (SSSR count). The number of nitro benzene ring substituents is 1. The molecule has 9 heteroatoms. The zero-order chi connectivity index (χ0) is 20.9. The van der Waals surface area contributed by atoms with Crippen LogP contribution in [0.2, 0.25) is 0 Å². The summed E-state index contributed by atoms with van der Waals surface area (Å²) >= 11 is 0. The molecule has 0 radical (unpaired) electrons. The van der Waals surface area contributed by atoms with Gasteiger partial charge in [0.2, 0.25) is 10.0 Å². The van der Waals surface area contributed by atoms with Gasteiger partial charge in [-0.25, -0.2) is 13.1 Å². The van der Waals surface area contributed by atoms with Gasteiger partial charge < -0.3 is 10.2 Å². The van der Waals surface area contributed by atoms with E-state index in [0.29, 0.717) is 6.54 Å². The fourth-order valence-electron chi connectivity index (χ4n) is 2.77. The van der Waals surface area contributed by atoms with Crippen LogP contribution in [0.5, 0.6) is 0 Å². The van der Waals surface area contributed by atoms with Crippen LogP contribution in [-0.4, -0.2) is 38.4 Å². The van der Waals surface area contributed by atoms with Gasteiger partial charge in [0.1, 0.15) is 5.69 Å².